The number of rotatable bonds is 4. The van der Waals surface area contributed by atoms with Crippen LogP contribution >= 0.6 is 0 Å². The summed E-state index contributed by atoms with van der Waals surface area (Å²) < 4.78 is 5.65. The van der Waals surface area contributed by atoms with Crippen LogP contribution in [0.1, 0.15) is 52.9 Å². The van der Waals surface area contributed by atoms with E-state index in [0.717, 1.165) is 12.8 Å². The predicted molar refractivity (Wildman–Crippen MR) is 89.8 cm³/mol. The molecular weight excluding hydrogens is 278 g/mol. The van der Waals surface area contributed by atoms with Crippen LogP contribution in [0.2, 0.25) is 0 Å². The molecule has 1 saturated carbocycles. The summed E-state index contributed by atoms with van der Waals surface area (Å²) >= 11 is 0. The lowest BCUT2D eigenvalue weighted by Gasteiger charge is -2.40. The standard InChI is InChI=1S/C17H35N3O2/c1-17(2,3)22-14-20(21)16-8-6-15(7-9-16)19-11-5-10-18(4)12-13-19/h15-16,20H,5-14H2,1-4H3. The third kappa shape index (κ3) is 5.78. The molecule has 0 amide bonds. The Balaban J connectivity index is 1.73. The number of hydrogen-bond donors (Lipinski definition) is 1. The zero-order chi connectivity index (χ0) is 16.2. The minimum atomic E-state index is -0.217. The van der Waals surface area contributed by atoms with Gasteiger partial charge in [0, 0.05) is 32.0 Å². The molecule has 2 rings (SSSR count). The lowest BCUT2D eigenvalue weighted by atomic mass is 9.90. The molecule has 0 aromatic carbocycles. The lowest BCUT2D eigenvalue weighted by molar-refractivity contribution is -0.899. The van der Waals surface area contributed by atoms with Crippen LogP contribution in [0.5, 0.6) is 0 Å². The van der Waals surface area contributed by atoms with Crippen LogP contribution in [0.3, 0.4) is 0 Å². The molecule has 1 atom stereocenters. The van der Waals surface area contributed by atoms with Crippen molar-refractivity contribution in [3.63, 3.8) is 0 Å². The van der Waals surface area contributed by atoms with Gasteiger partial charge in [0.1, 0.15) is 0 Å². The van der Waals surface area contributed by atoms with E-state index in [9.17, 15) is 5.21 Å². The molecule has 5 heteroatoms. The van der Waals surface area contributed by atoms with E-state index in [1.54, 1.807) is 0 Å². The summed E-state index contributed by atoms with van der Waals surface area (Å²) in [4.78, 5) is 5.09. The van der Waals surface area contributed by atoms with Crippen molar-refractivity contribution in [2.75, 3.05) is 40.0 Å². The maximum absolute atomic E-state index is 12.3. The molecule has 1 N–H and O–H groups in total. The Bertz CT molecular complexity index is 324. The van der Waals surface area contributed by atoms with Crippen molar-refractivity contribution >= 4 is 0 Å². The summed E-state index contributed by atoms with van der Waals surface area (Å²) in [5.74, 6) is 0. The minimum Gasteiger partial charge on any atom is -0.632 e. The molecule has 0 aromatic heterocycles. The van der Waals surface area contributed by atoms with Crippen molar-refractivity contribution in [2.45, 2.75) is 70.6 Å². The first-order chi connectivity index (χ1) is 10.3. The smallest absolute Gasteiger partial charge is 0.182 e. The van der Waals surface area contributed by atoms with Gasteiger partial charge in [-0.05, 0) is 60.2 Å². The Hall–Kier alpha value is -0.200. The molecule has 1 aliphatic heterocycles. The maximum atomic E-state index is 12.3. The maximum Gasteiger partial charge on any atom is 0.182 e. The third-order valence-corrected chi connectivity index (χ3v) is 5.07. The quantitative estimate of drug-likeness (QED) is 0.623. The van der Waals surface area contributed by atoms with Gasteiger partial charge in [-0.3, -0.25) is 4.90 Å². The Morgan fingerprint density at radius 2 is 1.73 bits per heavy atom. The normalized spacial score (nSPS) is 31.0. The van der Waals surface area contributed by atoms with E-state index in [0.29, 0.717) is 11.1 Å². The monoisotopic (exact) mass is 313 g/mol. The van der Waals surface area contributed by atoms with Crippen LogP contribution in [0, 0.1) is 5.21 Å². The van der Waals surface area contributed by atoms with Crippen LogP contribution in [0.15, 0.2) is 0 Å². The Morgan fingerprint density at radius 3 is 2.36 bits per heavy atom. The fourth-order valence-electron chi connectivity index (χ4n) is 3.60. The van der Waals surface area contributed by atoms with Crippen LogP contribution in [0.25, 0.3) is 0 Å². The zero-order valence-electron chi connectivity index (χ0n) is 14.9. The fourth-order valence-corrected chi connectivity index (χ4v) is 3.60. The summed E-state index contributed by atoms with van der Waals surface area (Å²) in [6, 6.07) is 0.923. The average molecular weight is 313 g/mol. The van der Waals surface area contributed by atoms with E-state index in [2.05, 4.69) is 16.8 Å². The molecule has 1 aliphatic carbocycles. The van der Waals surface area contributed by atoms with Crippen LogP contribution in [-0.2, 0) is 4.74 Å². The number of hydrogen-bond acceptors (Lipinski definition) is 4. The van der Waals surface area contributed by atoms with Crippen molar-refractivity contribution in [2.24, 2.45) is 0 Å². The average Bonchev–Trinajstić information content (AvgIpc) is 2.69. The summed E-state index contributed by atoms with van der Waals surface area (Å²) in [5.41, 5.74) is -0.217. The highest BCUT2D eigenvalue weighted by atomic mass is 16.6. The minimum absolute atomic E-state index is 0.217. The van der Waals surface area contributed by atoms with Gasteiger partial charge in [0.2, 0.25) is 0 Å². The first-order valence-electron chi connectivity index (χ1n) is 8.94. The number of nitrogens with zero attached hydrogens (tertiary/aromatic N) is 2. The van der Waals surface area contributed by atoms with Gasteiger partial charge in [0.25, 0.3) is 0 Å². The number of quaternary nitrogens is 1. The molecule has 2 aliphatic rings. The molecule has 0 spiro atoms. The number of nitrogens with one attached hydrogen (secondary N) is 1. The molecule has 22 heavy (non-hydrogen) atoms. The van der Waals surface area contributed by atoms with E-state index in [-0.39, 0.29) is 18.4 Å². The molecule has 5 nitrogen and oxygen atoms in total. The molecule has 0 bridgehead atoms. The topological polar surface area (TPSA) is 43.2 Å². The van der Waals surface area contributed by atoms with Gasteiger partial charge < -0.3 is 19.9 Å². The van der Waals surface area contributed by atoms with E-state index < -0.39 is 0 Å². The van der Waals surface area contributed by atoms with Crippen LogP contribution < -0.4 is 5.06 Å². The van der Waals surface area contributed by atoms with Crippen LogP contribution in [-0.4, -0.2) is 67.4 Å². The van der Waals surface area contributed by atoms with Gasteiger partial charge in [-0.15, -0.1) is 0 Å². The van der Waals surface area contributed by atoms with Gasteiger partial charge in [-0.1, -0.05) is 0 Å². The second-order valence-corrected chi connectivity index (χ2v) is 8.07. The number of ether oxygens (including phenoxy) is 1. The molecule has 130 valence electrons. The molecule has 1 heterocycles. The lowest BCUT2D eigenvalue weighted by Crippen LogP contribution is -3.12. The van der Waals surface area contributed by atoms with Gasteiger partial charge in [0.05, 0.1) is 11.6 Å². The first kappa shape index (κ1) is 18.1. The first-order valence-corrected chi connectivity index (χ1v) is 8.94. The highest BCUT2D eigenvalue weighted by Crippen LogP contribution is 2.23. The van der Waals surface area contributed by atoms with Gasteiger partial charge in [-0.2, -0.15) is 0 Å². The van der Waals surface area contributed by atoms with Crippen molar-refractivity contribution in [1.29, 1.82) is 0 Å². The Morgan fingerprint density at radius 1 is 1.05 bits per heavy atom. The highest BCUT2D eigenvalue weighted by molar-refractivity contribution is 4.81. The van der Waals surface area contributed by atoms with Crippen molar-refractivity contribution < 1.29 is 9.80 Å². The van der Waals surface area contributed by atoms with Gasteiger partial charge in [-0.25, -0.2) is 0 Å². The molecule has 0 aromatic rings. The second-order valence-electron chi connectivity index (χ2n) is 8.07. The second kappa shape index (κ2) is 8.06. The van der Waals surface area contributed by atoms with Gasteiger partial charge >= 0.3 is 0 Å². The molecular formula is C17H35N3O2. The molecule has 0 radical (unpaired) electrons. The summed E-state index contributed by atoms with van der Waals surface area (Å²) in [6.45, 7) is 11.1. The van der Waals surface area contributed by atoms with E-state index in [4.69, 9.17) is 4.74 Å². The molecule has 1 saturated heterocycles. The predicted octanol–water partition coefficient (Wildman–Crippen LogP) is 1.09. The van der Waals surface area contributed by atoms with Crippen molar-refractivity contribution in [3.8, 4) is 0 Å². The fraction of sp³-hybridized carbons (Fsp3) is 1.00. The number of hydroxylamine groups is 2. The largest absolute Gasteiger partial charge is 0.632 e. The van der Waals surface area contributed by atoms with Crippen molar-refractivity contribution in [1.82, 2.24) is 9.80 Å². The van der Waals surface area contributed by atoms with Crippen LogP contribution in [0.4, 0.5) is 0 Å². The van der Waals surface area contributed by atoms with E-state index in [1.807, 2.05) is 20.8 Å². The van der Waals surface area contributed by atoms with E-state index in [1.165, 1.54) is 45.4 Å². The van der Waals surface area contributed by atoms with E-state index >= 15 is 0 Å². The van der Waals surface area contributed by atoms with Crippen molar-refractivity contribution in [3.05, 3.63) is 5.21 Å². The number of likely N-dealkylation sites (N-methyl/N-ethyl adjacent to an activating group) is 1. The Labute approximate surface area is 136 Å². The highest BCUT2D eigenvalue weighted by Gasteiger charge is 2.30. The molecule has 1 unspecified atom stereocenters. The van der Waals surface area contributed by atoms with Gasteiger partial charge in [0.15, 0.2) is 6.73 Å². The molecule has 2 fully saturated rings. The Kier molecular flexibility index (Phi) is 6.65. The zero-order valence-corrected chi connectivity index (χ0v) is 14.9. The third-order valence-electron chi connectivity index (χ3n) is 5.07. The summed E-state index contributed by atoms with van der Waals surface area (Å²) in [7, 11) is 2.22. The SMILES string of the molecule is CN1CCCN(C2CCC([NH+]([O-])COC(C)(C)C)CC2)CC1. The summed E-state index contributed by atoms with van der Waals surface area (Å²) in [6.07, 6.45) is 5.72. The summed E-state index contributed by atoms with van der Waals surface area (Å²) in [5, 5.41) is 12.6.